The molecule has 1 aromatic rings. The Balaban J connectivity index is 2.70. The molecule has 0 aliphatic rings. The quantitative estimate of drug-likeness (QED) is 0.442. The fraction of sp³-hybridized carbons (Fsp3) is 0.333. The summed E-state index contributed by atoms with van der Waals surface area (Å²) in [5.41, 5.74) is 10.8. The van der Waals surface area contributed by atoms with Gasteiger partial charge in [-0.1, -0.05) is 30.3 Å². The van der Waals surface area contributed by atoms with Crippen LogP contribution in [0, 0.1) is 0 Å². The van der Waals surface area contributed by atoms with Gasteiger partial charge in [-0.25, -0.2) is 0 Å². The summed E-state index contributed by atoms with van der Waals surface area (Å²) in [6.45, 7) is -0.318. The van der Waals surface area contributed by atoms with E-state index in [9.17, 15) is 19.2 Å². The van der Waals surface area contributed by atoms with Crippen molar-refractivity contribution in [1.82, 2.24) is 10.6 Å². The number of carbonyl (C=O) groups is 4. The lowest BCUT2D eigenvalue weighted by Gasteiger charge is -2.18. The van der Waals surface area contributed by atoms with E-state index in [1.807, 2.05) is 30.3 Å². The fourth-order valence-corrected chi connectivity index (χ4v) is 1.86. The summed E-state index contributed by atoms with van der Waals surface area (Å²) in [7, 11) is 0. The minimum Gasteiger partial charge on any atom is -0.370 e. The van der Waals surface area contributed by atoms with E-state index in [-0.39, 0.29) is 25.8 Å². The lowest BCUT2D eigenvalue weighted by Crippen LogP contribution is -2.49. The maximum atomic E-state index is 12.1. The standard InChI is InChI=1S/C15H20N4O4/c16-12(20)6-7-14(22)19-11(15(23)18-9-13(17)21)8-10-4-2-1-3-5-10/h1-5,11H,6-9H2,(H2,16,20)(H2,17,21)(H,18,23)(H,19,22)/t11-/m1/s1. The molecule has 4 amide bonds. The number of rotatable bonds is 9. The fourth-order valence-electron chi connectivity index (χ4n) is 1.86. The van der Waals surface area contributed by atoms with Crippen molar-refractivity contribution in [2.75, 3.05) is 6.54 Å². The molecule has 124 valence electrons. The van der Waals surface area contributed by atoms with Gasteiger partial charge in [0, 0.05) is 19.3 Å². The number of primary amides is 2. The highest BCUT2D eigenvalue weighted by atomic mass is 16.2. The molecule has 0 unspecified atom stereocenters. The summed E-state index contributed by atoms with van der Waals surface area (Å²) >= 11 is 0. The van der Waals surface area contributed by atoms with Crippen molar-refractivity contribution in [1.29, 1.82) is 0 Å². The van der Waals surface area contributed by atoms with E-state index in [1.165, 1.54) is 0 Å². The number of hydrogen-bond acceptors (Lipinski definition) is 4. The first-order valence-corrected chi connectivity index (χ1v) is 7.06. The van der Waals surface area contributed by atoms with Gasteiger partial charge >= 0.3 is 0 Å². The summed E-state index contributed by atoms with van der Waals surface area (Å²) in [6.07, 6.45) is 0.0320. The summed E-state index contributed by atoms with van der Waals surface area (Å²) in [5, 5.41) is 4.89. The van der Waals surface area contributed by atoms with Gasteiger partial charge in [-0.15, -0.1) is 0 Å². The molecule has 0 spiro atoms. The summed E-state index contributed by atoms with van der Waals surface area (Å²) in [4.78, 5) is 45.4. The highest BCUT2D eigenvalue weighted by Crippen LogP contribution is 2.04. The first-order chi connectivity index (χ1) is 10.9. The zero-order chi connectivity index (χ0) is 17.2. The van der Waals surface area contributed by atoms with E-state index in [4.69, 9.17) is 11.5 Å². The minimum absolute atomic E-state index is 0.104. The molecule has 0 fully saturated rings. The number of nitrogens with one attached hydrogen (secondary N) is 2. The molecular formula is C15H20N4O4. The summed E-state index contributed by atoms with van der Waals surface area (Å²) in [6, 6.07) is 8.19. The van der Waals surface area contributed by atoms with Crippen molar-refractivity contribution in [3.8, 4) is 0 Å². The van der Waals surface area contributed by atoms with Gasteiger partial charge in [0.1, 0.15) is 6.04 Å². The lowest BCUT2D eigenvalue weighted by atomic mass is 10.0. The molecule has 0 aliphatic carbocycles. The molecular weight excluding hydrogens is 300 g/mol. The first-order valence-electron chi connectivity index (χ1n) is 7.06. The van der Waals surface area contributed by atoms with Crippen molar-refractivity contribution in [2.24, 2.45) is 11.5 Å². The molecule has 1 rings (SSSR count). The largest absolute Gasteiger partial charge is 0.370 e. The molecule has 6 N–H and O–H groups in total. The van der Waals surface area contributed by atoms with Gasteiger partial charge in [0.15, 0.2) is 0 Å². The lowest BCUT2D eigenvalue weighted by molar-refractivity contribution is -0.130. The maximum absolute atomic E-state index is 12.1. The van der Waals surface area contributed by atoms with E-state index in [0.717, 1.165) is 5.56 Å². The molecule has 0 saturated heterocycles. The average Bonchev–Trinajstić information content (AvgIpc) is 2.51. The smallest absolute Gasteiger partial charge is 0.243 e. The second kappa shape index (κ2) is 9.19. The Morgan fingerprint density at radius 1 is 0.957 bits per heavy atom. The number of carbonyl (C=O) groups excluding carboxylic acids is 4. The van der Waals surface area contributed by atoms with E-state index < -0.39 is 29.7 Å². The van der Waals surface area contributed by atoms with E-state index >= 15 is 0 Å². The Morgan fingerprint density at radius 2 is 1.61 bits per heavy atom. The van der Waals surface area contributed by atoms with Crippen LogP contribution in [-0.2, 0) is 25.6 Å². The van der Waals surface area contributed by atoms with Crippen molar-refractivity contribution >= 4 is 23.6 Å². The molecule has 0 bridgehead atoms. The highest BCUT2D eigenvalue weighted by Gasteiger charge is 2.21. The van der Waals surface area contributed by atoms with E-state index in [0.29, 0.717) is 0 Å². The summed E-state index contributed by atoms with van der Waals surface area (Å²) < 4.78 is 0. The Labute approximate surface area is 133 Å². The van der Waals surface area contributed by atoms with Crippen molar-refractivity contribution < 1.29 is 19.2 Å². The second-order valence-electron chi connectivity index (χ2n) is 4.96. The summed E-state index contributed by atoms with van der Waals surface area (Å²) in [5.74, 6) is -2.28. The molecule has 8 heteroatoms. The van der Waals surface area contributed by atoms with E-state index in [2.05, 4.69) is 10.6 Å². The Kier molecular flexibility index (Phi) is 7.25. The van der Waals surface area contributed by atoms with Crippen LogP contribution in [0.25, 0.3) is 0 Å². The van der Waals surface area contributed by atoms with Crippen molar-refractivity contribution in [3.05, 3.63) is 35.9 Å². The monoisotopic (exact) mass is 320 g/mol. The number of amides is 4. The molecule has 0 aromatic heterocycles. The maximum Gasteiger partial charge on any atom is 0.243 e. The van der Waals surface area contributed by atoms with Gasteiger partial charge in [-0.2, -0.15) is 0 Å². The van der Waals surface area contributed by atoms with Crippen LogP contribution in [0.2, 0.25) is 0 Å². The third-order valence-corrected chi connectivity index (χ3v) is 2.97. The number of benzene rings is 1. The van der Waals surface area contributed by atoms with Crippen LogP contribution in [0.3, 0.4) is 0 Å². The Morgan fingerprint density at radius 3 is 2.17 bits per heavy atom. The first kappa shape index (κ1) is 18.1. The van der Waals surface area contributed by atoms with Crippen LogP contribution in [-0.4, -0.2) is 36.2 Å². The van der Waals surface area contributed by atoms with Gasteiger partial charge in [0.05, 0.1) is 6.54 Å². The molecule has 23 heavy (non-hydrogen) atoms. The molecule has 8 nitrogen and oxygen atoms in total. The van der Waals surface area contributed by atoms with Crippen LogP contribution in [0.1, 0.15) is 18.4 Å². The molecule has 0 aliphatic heterocycles. The third-order valence-electron chi connectivity index (χ3n) is 2.97. The Bertz CT molecular complexity index is 574. The van der Waals surface area contributed by atoms with Crippen molar-refractivity contribution in [3.63, 3.8) is 0 Å². The molecule has 0 saturated carbocycles. The van der Waals surface area contributed by atoms with Gasteiger partial charge < -0.3 is 22.1 Å². The zero-order valence-electron chi connectivity index (χ0n) is 12.6. The number of nitrogens with two attached hydrogens (primary N) is 2. The minimum atomic E-state index is -0.878. The van der Waals surface area contributed by atoms with Gasteiger partial charge in [-0.3, -0.25) is 19.2 Å². The normalized spacial score (nSPS) is 11.3. The van der Waals surface area contributed by atoms with Gasteiger partial charge in [0.2, 0.25) is 23.6 Å². The number of hydrogen-bond donors (Lipinski definition) is 4. The van der Waals surface area contributed by atoms with Gasteiger partial charge in [0.25, 0.3) is 0 Å². The molecule has 1 atom stereocenters. The predicted molar refractivity (Wildman–Crippen MR) is 82.7 cm³/mol. The van der Waals surface area contributed by atoms with Crippen LogP contribution in [0.15, 0.2) is 30.3 Å². The molecule has 1 aromatic carbocycles. The molecule has 0 radical (unpaired) electrons. The topological polar surface area (TPSA) is 144 Å². The van der Waals surface area contributed by atoms with Gasteiger partial charge in [-0.05, 0) is 5.56 Å². The van der Waals surface area contributed by atoms with Crippen molar-refractivity contribution in [2.45, 2.75) is 25.3 Å². The van der Waals surface area contributed by atoms with Crippen LogP contribution >= 0.6 is 0 Å². The van der Waals surface area contributed by atoms with Crippen LogP contribution in [0.5, 0.6) is 0 Å². The zero-order valence-corrected chi connectivity index (χ0v) is 12.6. The van der Waals surface area contributed by atoms with Crippen LogP contribution in [0.4, 0.5) is 0 Å². The Hall–Kier alpha value is -2.90. The average molecular weight is 320 g/mol. The second-order valence-corrected chi connectivity index (χ2v) is 4.96. The SMILES string of the molecule is NC(=O)CCC(=O)N[C@H](Cc1ccccc1)C(=O)NCC(N)=O. The molecule has 0 heterocycles. The highest BCUT2D eigenvalue weighted by molar-refractivity contribution is 5.91. The predicted octanol–water partition coefficient (Wildman–Crippen LogP) is -1.42. The van der Waals surface area contributed by atoms with Crippen LogP contribution < -0.4 is 22.1 Å². The van der Waals surface area contributed by atoms with E-state index in [1.54, 1.807) is 0 Å². The third kappa shape index (κ3) is 7.60.